The van der Waals surface area contributed by atoms with Gasteiger partial charge in [-0.25, -0.2) is 8.42 Å². The monoisotopic (exact) mass is 376 g/mol. The van der Waals surface area contributed by atoms with Crippen LogP contribution >= 0.6 is 11.6 Å². The van der Waals surface area contributed by atoms with Gasteiger partial charge in [0, 0.05) is 37.2 Å². The lowest BCUT2D eigenvalue weighted by molar-refractivity contribution is 0.185. The van der Waals surface area contributed by atoms with Gasteiger partial charge in [-0.3, -0.25) is 4.90 Å². The number of fused-ring (bicyclic) bond motifs is 1. The first-order valence-corrected chi connectivity index (χ1v) is 10.4. The molecule has 2 aromatic carbocycles. The van der Waals surface area contributed by atoms with Crippen LogP contribution in [0.15, 0.2) is 53.4 Å². The van der Waals surface area contributed by atoms with E-state index < -0.39 is 10.0 Å². The van der Waals surface area contributed by atoms with E-state index in [0.29, 0.717) is 23.0 Å². The van der Waals surface area contributed by atoms with Crippen molar-refractivity contribution in [3.63, 3.8) is 0 Å². The van der Waals surface area contributed by atoms with E-state index in [4.69, 9.17) is 11.6 Å². The van der Waals surface area contributed by atoms with Gasteiger partial charge in [0.05, 0.1) is 4.90 Å². The van der Waals surface area contributed by atoms with E-state index in [2.05, 4.69) is 29.2 Å². The van der Waals surface area contributed by atoms with E-state index in [1.165, 1.54) is 11.1 Å². The average molecular weight is 377 g/mol. The van der Waals surface area contributed by atoms with E-state index in [0.717, 1.165) is 25.9 Å². The summed E-state index contributed by atoms with van der Waals surface area (Å²) >= 11 is 5.87. The minimum Gasteiger partial charge on any atom is -0.294 e. The molecule has 0 saturated carbocycles. The number of sulfonamides is 1. The molecular weight excluding hydrogens is 356 g/mol. The van der Waals surface area contributed by atoms with Crippen LogP contribution in [0.1, 0.15) is 17.5 Å². The molecule has 4 rings (SSSR count). The lowest BCUT2D eigenvalue weighted by atomic mass is 9.98. The zero-order valence-electron chi connectivity index (χ0n) is 13.9. The number of benzene rings is 2. The fourth-order valence-electron chi connectivity index (χ4n) is 3.81. The maximum atomic E-state index is 12.8. The van der Waals surface area contributed by atoms with Gasteiger partial charge in [0.15, 0.2) is 0 Å². The van der Waals surface area contributed by atoms with E-state index in [1.807, 2.05) is 0 Å². The van der Waals surface area contributed by atoms with Crippen LogP contribution in [0.25, 0.3) is 0 Å². The van der Waals surface area contributed by atoms with Gasteiger partial charge in [-0.15, -0.1) is 0 Å². The minimum atomic E-state index is -3.44. The van der Waals surface area contributed by atoms with Gasteiger partial charge in [-0.1, -0.05) is 35.9 Å². The lowest BCUT2D eigenvalue weighted by Gasteiger charge is -2.33. The fraction of sp³-hybridized carbons (Fsp3) is 0.368. The Kier molecular flexibility index (Phi) is 4.58. The molecule has 2 aliphatic rings. The Hall–Kier alpha value is -1.40. The van der Waals surface area contributed by atoms with Gasteiger partial charge in [-0.05, 0) is 48.2 Å². The molecule has 0 bridgehead atoms. The Labute approximate surface area is 154 Å². The summed E-state index contributed by atoms with van der Waals surface area (Å²) in [4.78, 5) is 2.75. The lowest BCUT2D eigenvalue weighted by Crippen LogP contribution is -2.41. The highest BCUT2D eigenvalue weighted by molar-refractivity contribution is 7.89. The average Bonchev–Trinajstić information content (AvgIpc) is 3.13. The normalized spacial score (nSPS) is 22.0. The summed E-state index contributed by atoms with van der Waals surface area (Å²) in [5.41, 5.74) is 2.79. The molecule has 0 amide bonds. The van der Waals surface area contributed by atoms with Crippen LogP contribution in [-0.2, 0) is 23.0 Å². The Balaban J connectivity index is 1.47. The first-order chi connectivity index (χ1) is 12.0. The molecular formula is C19H21ClN2O2S. The van der Waals surface area contributed by atoms with Gasteiger partial charge < -0.3 is 0 Å². The number of rotatable bonds is 3. The van der Waals surface area contributed by atoms with Crippen molar-refractivity contribution in [2.75, 3.05) is 19.6 Å². The first kappa shape index (κ1) is 17.0. The highest BCUT2D eigenvalue weighted by atomic mass is 35.5. The summed E-state index contributed by atoms with van der Waals surface area (Å²) in [5.74, 6) is 0. The summed E-state index contributed by atoms with van der Waals surface area (Å²) in [7, 11) is -3.44. The van der Waals surface area contributed by atoms with E-state index in [1.54, 1.807) is 28.6 Å². The molecule has 1 saturated heterocycles. The van der Waals surface area contributed by atoms with Crippen molar-refractivity contribution >= 4 is 21.6 Å². The summed E-state index contributed by atoms with van der Waals surface area (Å²) in [6, 6.07) is 15.3. The summed E-state index contributed by atoms with van der Waals surface area (Å²) in [6.45, 7) is 3.05. The standard InChI is InChI=1S/C19H21ClN2O2S/c20-17-5-7-19(8-6-17)25(23,24)22-12-10-18(14-22)21-11-9-15-3-1-2-4-16(15)13-21/h1-8,18H,9-14H2/t18-/m0/s1. The van der Waals surface area contributed by atoms with Crippen LogP contribution in [-0.4, -0.2) is 43.3 Å². The van der Waals surface area contributed by atoms with Crippen molar-refractivity contribution in [1.29, 1.82) is 0 Å². The smallest absolute Gasteiger partial charge is 0.243 e. The van der Waals surface area contributed by atoms with Crippen LogP contribution in [0.2, 0.25) is 5.02 Å². The van der Waals surface area contributed by atoms with Crippen molar-refractivity contribution in [2.24, 2.45) is 0 Å². The highest BCUT2D eigenvalue weighted by Crippen LogP contribution is 2.28. The molecule has 4 nitrogen and oxygen atoms in total. The molecule has 6 heteroatoms. The summed E-state index contributed by atoms with van der Waals surface area (Å²) in [5, 5.41) is 0.547. The second-order valence-electron chi connectivity index (χ2n) is 6.75. The van der Waals surface area contributed by atoms with Gasteiger partial charge in [0.25, 0.3) is 0 Å². The molecule has 1 fully saturated rings. The number of halogens is 1. The Morgan fingerprint density at radius 1 is 0.960 bits per heavy atom. The molecule has 0 unspecified atom stereocenters. The van der Waals surface area contributed by atoms with Gasteiger partial charge in [0.1, 0.15) is 0 Å². The molecule has 0 aliphatic carbocycles. The van der Waals surface area contributed by atoms with Crippen molar-refractivity contribution < 1.29 is 8.42 Å². The fourth-order valence-corrected chi connectivity index (χ4v) is 5.43. The maximum Gasteiger partial charge on any atom is 0.243 e. The first-order valence-electron chi connectivity index (χ1n) is 8.60. The van der Waals surface area contributed by atoms with E-state index in [9.17, 15) is 8.42 Å². The van der Waals surface area contributed by atoms with Crippen molar-refractivity contribution in [2.45, 2.75) is 30.3 Å². The summed E-state index contributed by atoms with van der Waals surface area (Å²) in [6.07, 6.45) is 1.92. The largest absolute Gasteiger partial charge is 0.294 e. The molecule has 2 aliphatic heterocycles. The van der Waals surface area contributed by atoms with Crippen LogP contribution in [0.4, 0.5) is 0 Å². The number of hydrogen-bond acceptors (Lipinski definition) is 3. The predicted molar refractivity (Wildman–Crippen MR) is 99.2 cm³/mol. The maximum absolute atomic E-state index is 12.8. The zero-order chi connectivity index (χ0) is 17.4. The molecule has 0 radical (unpaired) electrons. The second kappa shape index (κ2) is 6.72. The number of nitrogens with zero attached hydrogens (tertiary/aromatic N) is 2. The quantitative estimate of drug-likeness (QED) is 0.826. The Morgan fingerprint density at radius 2 is 1.68 bits per heavy atom. The van der Waals surface area contributed by atoms with Crippen LogP contribution in [0, 0.1) is 0 Å². The van der Waals surface area contributed by atoms with Crippen molar-refractivity contribution in [3.8, 4) is 0 Å². The Morgan fingerprint density at radius 3 is 2.44 bits per heavy atom. The second-order valence-corrected chi connectivity index (χ2v) is 9.12. The van der Waals surface area contributed by atoms with Gasteiger partial charge >= 0.3 is 0 Å². The third kappa shape index (κ3) is 3.34. The molecule has 2 aromatic rings. The van der Waals surface area contributed by atoms with Crippen molar-refractivity contribution in [3.05, 3.63) is 64.7 Å². The van der Waals surface area contributed by atoms with Crippen LogP contribution in [0.3, 0.4) is 0 Å². The predicted octanol–water partition coefficient (Wildman–Crippen LogP) is 3.16. The molecule has 25 heavy (non-hydrogen) atoms. The molecule has 0 aromatic heterocycles. The molecule has 0 spiro atoms. The number of hydrogen-bond donors (Lipinski definition) is 0. The molecule has 132 valence electrons. The molecule has 1 atom stereocenters. The minimum absolute atomic E-state index is 0.287. The van der Waals surface area contributed by atoms with Gasteiger partial charge in [0.2, 0.25) is 10.0 Å². The molecule has 2 heterocycles. The third-order valence-electron chi connectivity index (χ3n) is 5.25. The topological polar surface area (TPSA) is 40.6 Å². The summed E-state index contributed by atoms with van der Waals surface area (Å²) < 4.78 is 27.3. The SMILES string of the molecule is O=S(=O)(c1ccc(Cl)cc1)N1CC[C@H](N2CCc3ccccc3C2)C1. The third-order valence-corrected chi connectivity index (χ3v) is 7.39. The van der Waals surface area contributed by atoms with E-state index >= 15 is 0 Å². The molecule has 0 N–H and O–H groups in total. The van der Waals surface area contributed by atoms with Crippen LogP contribution in [0.5, 0.6) is 0 Å². The van der Waals surface area contributed by atoms with Crippen molar-refractivity contribution in [1.82, 2.24) is 9.21 Å². The van der Waals surface area contributed by atoms with Crippen LogP contribution < -0.4 is 0 Å². The van der Waals surface area contributed by atoms with E-state index in [-0.39, 0.29) is 6.04 Å². The van der Waals surface area contributed by atoms with Gasteiger partial charge in [-0.2, -0.15) is 4.31 Å². The highest BCUT2D eigenvalue weighted by Gasteiger charge is 2.36. The zero-order valence-corrected chi connectivity index (χ0v) is 15.5. The Bertz CT molecular complexity index is 867.